The van der Waals surface area contributed by atoms with Gasteiger partial charge in [-0.3, -0.25) is 0 Å². The van der Waals surface area contributed by atoms with Gasteiger partial charge in [-0.1, -0.05) is 38.8 Å². The lowest BCUT2D eigenvalue weighted by atomic mass is 9.92. The van der Waals surface area contributed by atoms with Gasteiger partial charge in [0.1, 0.15) is 5.82 Å². The van der Waals surface area contributed by atoms with Crippen LogP contribution >= 0.6 is 0 Å². The van der Waals surface area contributed by atoms with E-state index in [2.05, 4.69) is 19.9 Å². The summed E-state index contributed by atoms with van der Waals surface area (Å²) < 4.78 is 13.7. The van der Waals surface area contributed by atoms with Gasteiger partial charge in [-0.2, -0.15) is 0 Å². The minimum Gasteiger partial charge on any atom is -0.207 e. The van der Waals surface area contributed by atoms with Crippen LogP contribution in [0.1, 0.15) is 62.5 Å². The Bertz CT molecular complexity index is 335. The molecule has 15 heavy (non-hydrogen) atoms. The number of rotatable bonds is 2. The van der Waals surface area contributed by atoms with E-state index in [0.29, 0.717) is 11.8 Å². The molecule has 1 heteroatoms. The summed E-state index contributed by atoms with van der Waals surface area (Å²) in [7, 11) is 0. The van der Waals surface area contributed by atoms with Gasteiger partial charge in [0.2, 0.25) is 0 Å². The Morgan fingerprint density at radius 1 is 1.20 bits per heavy atom. The summed E-state index contributed by atoms with van der Waals surface area (Å²) in [5, 5.41) is 0. The fourth-order valence-electron chi connectivity index (χ4n) is 2.47. The second-order valence-electron chi connectivity index (χ2n) is 4.92. The first-order valence-electron chi connectivity index (χ1n) is 5.98. The van der Waals surface area contributed by atoms with Crippen molar-refractivity contribution in [2.75, 3.05) is 0 Å². The summed E-state index contributed by atoms with van der Waals surface area (Å²) in [4.78, 5) is 0. The molecule has 2 rings (SSSR count). The lowest BCUT2D eigenvalue weighted by molar-refractivity contribution is 0.578. The predicted octanol–water partition coefficient (Wildman–Crippen LogP) is 4.61. The van der Waals surface area contributed by atoms with Gasteiger partial charge in [0.15, 0.2) is 0 Å². The maximum absolute atomic E-state index is 13.7. The fourth-order valence-corrected chi connectivity index (χ4v) is 2.47. The van der Waals surface area contributed by atoms with Crippen LogP contribution in [0.4, 0.5) is 4.39 Å². The SMILES string of the molecule is CC(C)c1ccc(F)c(C2CCCC2)c1. The Hall–Kier alpha value is -0.850. The van der Waals surface area contributed by atoms with Gasteiger partial charge < -0.3 is 0 Å². The Kier molecular flexibility index (Phi) is 3.08. The summed E-state index contributed by atoms with van der Waals surface area (Å²) in [6.07, 6.45) is 4.85. The molecule has 1 aliphatic rings. The minimum absolute atomic E-state index is 0.00806. The van der Waals surface area contributed by atoms with E-state index in [0.717, 1.165) is 5.56 Å². The highest BCUT2D eigenvalue weighted by Gasteiger charge is 2.20. The third-order valence-corrected chi connectivity index (χ3v) is 3.48. The largest absolute Gasteiger partial charge is 0.207 e. The molecule has 0 nitrogen and oxygen atoms in total. The molecule has 0 atom stereocenters. The maximum Gasteiger partial charge on any atom is 0.126 e. The lowest BCUT2D eigenvalue weighted by Gasteiger charge is -2.14. The summed E-state index contributed by atoms with van der Waals surface area (Å²) in [5.41, 5.74) is 2.22. The minimum atomic E-state index is -0.00806. The molecular formula is C14H19F. The third-order valence-electron chi connectivity index (χ3n) is 3.48. The van der Waals surface area contributed by atoms with Crippen LogP contribution in [0.5, 0.6) is 0 Å². The molecule has 0 spiro atoms. The topological polar surface area (TPSA) is 0 Å². The smallest absolute Gasteiger partial charge is 0.126 e. The molecule has 1 aliphatic carbocycles. The van der Waals surface area contributed by atoms with E-state index in [1.54, 1.807) is 6.07 Å². The summed E-state index contributed by atoms with van der Waals surface area (Å²) in [5.74, 6) is 0.959. The van der Waals surface area contributed by atoms with Crippen molar-refractivity contribution in [2.24, 2.45) is 0 Å². The van der Waals surface area contributed by atoms with E-state index in [1.165, 1.54) is 31.2 Å². The summed E-state index contributed by atoms with van der Waals surface area (Å²) in [6.45, 7) is 4.32. The Labute approximate surface area is 91.5 Å². The monoisotopic (exact) mass is 206 g/mol. The molecule has 0 heterocycles. The quantitative estimate of drug-likeness (QED) is 0.663. The van der Waals surface area contributed by atoms with Crippen LogP contribution in [-0.2, 0) is 0 Å². The number of benzene rings is 1. The van der Waals surface area contributed by atoms with Crippen LogP contribution in [0.3, 0.4) is 0 Å². The summed E-state index contributed by atoms with van der Waals surface area (Å²) in [6, 6.07) is 5.64. The van der Waals surface area contributed by atoms with Gasteiger partial charge in [0.25, 0.3) is 0 Å². The van der Waals surface area contributed by atoms with Crippen molar-refractivity contribution in [3.63, 3.8) is 0 Å². The van der Waals surface area contributed by atoms with Gasteiger partial charge in [-0.05, 0) is 41.9 Å². The number of hydrogen-bond donors (Lipinski definition) is 0. The molecule has 0 aromatic heterocycles. The summed E-state index contributed by atoms with van der Waals surface area (Å²) >= 11 is 0. The Morgan fingerprint density at radius 2 is 1.87 bits per heavy atom. The highest BCUT2D eigenvalue weighted by atomic mass is 19.1. The van der Waals surface area contributed by atoms with Crippen molar-refractivity contribution in [1.29, 1.82) is 0 Å². The van der Waals surface area contributed by atoms with Crippen molar-refractivity contribution in [3.05, 3.63) is 35.1 Å². The molecule has 0 N–H and O–H groups in total. The molecule has 1 fully saturated rings. The van der Waals surface area contributed by atoms with Crippen LogP contribution in [0, 0.1) is 5.82 Å². The van der Waals surface area contributed by atoms with Crippen LogP contribution in [0.15, 0.2) is 18.2 Å². The molecule has 0 saturated heterocycles. The second-order valence-corrected chi connectivity index (χ2v) is 4.92. The van der Waals surface area contributed by atoms with Crippen molar-refractivity contribution < 1.29 is 4.39 Å². The molecule has 0 bridgehead atoms. The third kappa shape index (κ3) is 2.22. The van der Waals surface area contributed by atoms with Gasteiger partial charge in [0.05, 0.1) is 0 Å². The van der Waals surface area contributed by atoms with Crippen molar-refractivity contribution in [2.45, 2.75) is 51.4 Å². The zero-order valence-electron chi connectivity index (χ0n) is 9.59. The van der Waals surface area contributed by atoms with Crippen LogP contribution in [0.2, 0.25) is 0 Å². The second kappa shape index (κ2) is 4.34. The molecule has 1 aromatic rings. The van der Waals surface area contributed by atoms with Crippen LogP contribution in [0.25, 0.3) is 0 Å². The van der Waals surface area contributed by atoms with Crippen molar-refractivity contribution in [1.82, 2.24) is 0 Å². The van der Waals surface area contributed by atoms with Crippen molar-refractivity contribution >= 4 is 0 Å². The van der Waals surface area contributed by atoms with Gasteiger partial charge in [-0.15, -0.1) is 0 Å². The molecule has 1 aromatic carbocycles. The average molecular weight is 206 g/mol. The molecule has 0 aliphatic heterocycles. The van der Waals surface area contributed by atoms with Crippen LogP contribution < -0.4 is 0 Å². The molecule has 0 radical (unpaired) electrons. The van der Waals surface area contributed by atoms with E-state index < -0.39 is 0 Å². The van der Waals surface area contributed by atoms with E-state index in [4.69, 9.17) is 0 Å². The highest BCUT2D eigenvalue weighted by Crippen LogP contribution is 2.36. The van der Waals surface area contributed by atoms with E-state index in [9.17, 15) is 4.39 Å². The van der Waals surface area contributed by atoms with Gasteiger partial charge >= 0.3 is 0 Å². The van der Waals surface area contributed by atoms with Gasteiger partial charge in [0, 0.05) is 0 Å². The van der Waals surface area contributed by atoms with Gasteiger partial charge in [-0.25, -0.2) is 4.39 Å². The Balaban J connectivity index is 2.31. The molecular weight excluding hydrogens is 187 g/mol. The average Bonchev–Trinajstić information content (AvgIpc) is 2.71. The van der Waals surface area contributed by atoms with E-state index >= 15 is 0 Å². The highest BCUT2D eigenvalue weighted by molar-refractivity contribution is 5.30. The fraction of sp³-hybridized carbons (Fsp3) is 0.571. The molecule has 0 amide bonds. The maximum atomic E-state index is 13.7. The number of hydrogen-bond acceptors (Lipinski definition) is 0. The normalized spacial score (nSPS) is 17.6. The first-order valence-corrected chi connectivity index (χ1v) is 5.98. The van der Waals surface area contributed by atoms with Crippen LogP contribution in [-0.4, -0.2) is 0 Å². The van der Waals surface area contributed by atoms with Crippen molar-refractivity contribution in [3.8, 4) is 0 Å². The first-order chi connectivity index (χ1) is 7.18. The molecule has 1 saturated carbocycles. The number of halogens is 1. The van der Waals surface area contributed by atoms with E-state index in [1.807, 2.05) is 6.07 Å². The lowest BCUT2D eigenvalue weighted by Crippen LogP contribution is -1.99. The Morgan fingerprint density at radius 3 is 2.47 bits per heavy atom. The standard InChI is InChI=1S/C14H19F/c1-10(2)12-7-8-14(15)13(9-12)11-5-3-4-6-11/h7-11H,3-6H2,1-2H3. The first kappa shape index (κ1) is 10.7. The zero-order chi connectivity index (χ0) is 10.8. The molecule has 82 valence electrons. The zero-order valence-corrected chi connectivity index (χ0v) is 9.59. The molecule has 0 unspecified atom stereocenters. The van der Waals surface area contributed by atoms with E-state index in [-0.39, 0.29) is 5.82 Å². The predicted molar refractivity (Wildman–Crippen MR) is 61.7 cm³/mol.